The maximum Gasteiger partial charge on any atom is 0.313 e. The van der Waals surface area contributed by atoms with Crippen molar-refractivity contribution in [1.82, 2.24) is 42.5 Å². The number of esters is 3. The van der Waals surface area contributed by atoms with E-state index in [1.165, 1.54) is 41.5 Å². The summed E-state index contributed by atoms with van der Waals surface area (Å²) in [6.07, 6.45) is 11.9. The van der Waals surface area contributed by atoms with Gasteiger partial charge in [0.2, 0.25) is 59.1 Å². The van der Waals surface area contributed by atoms with E-state index in [9.17, 15) is 105 Å². The molecule has 0 radical (unpaired) electrons. The van der Waals surface area contributed by atoms with Crippen LogP contribution in [0, 0.1) is 0 Å². The minimum Gasteiger partial charge on any atom is -0.458 e. The van der Waals surface area contributed by atoms with Gasteiger partial charge in [-0.25, -0.2) is 0 Å². The molecule has 0 aromatic rings. The first-order valence-corrected chi connectivity index (χ1v) is 45.9. The van der Waals surface area contributed by atoms with Crippen LogP contribution in [-0.2, 0) is 158 Å². The molecule has 0 aromatic carbocycles. The van der Waals surface area contributed by atoms with Crippen molar-refractivity contribution < 1.29 is 158 Å². The number of hydrogen-bond donors (Lipinski definition) is 10. The molecule has 766 valence electrons. The quantitative estimate of drug-likeness (QED) is 0.0138. The van der Waals surface area contributed by atoms with Crippen LogP contribution in [0.3, 0.4) is 0 Å². The van der Waals surface area contributed by atoms with Gasteiger partial charge in [0.05, 0.1) is 91.4 Å². The third-order valence-electron chi connectivity index (χ3n) is 18.6. The van der Waals surface area contributed by atoms with E-state index in [0.29, 0.717) is 194 Å². The highest BCUT2D eigenvalue weighted by Crippen LogP contribution is 2.14. The van der Waals surface area contributed by atoms with Gasteiger partial charge in [-0.05, 0) is 84.5 Å². The van der Waals surface area contributed by atoms with Crippen LogP contribution < -0.4 is 54.0 Å². The molecule has 0 aliphatic rings. The molecule has 43 nitrogen and oxygen atoms in total. The van der Waals surface area contributed by atoms with E-state index in [1.54, 1.807) is 13.8 Å². The van der Waals surface area contributed by atoms with Crippen LogP contribution in [0.25, 0.3) is 0 Å². The van der Waals surface area contributed by atoms with Crippen molar-refractivity contribution in [3.05, 3.63) is 13.2 Å². The van der Waals surface area contributed by atoms with Crippen LogP contribution >= 0.6 is 0 Å². The zero-order valence-corrected chi connectivity index (χ0v) is 80.2. The molecular formula is C91H154N10O33. The van der Waals surface area contributed by atoms with E-state index in [-0.39, 0.29) is 226 Å². The van der Waals surface area contributed by atoms with E-state index in [2.05, 4.69) is 55.7 Å². The van der Waals surface area contributed by atoms with E-state index in [1.807, 2.05) is 0 Å². The monoisotopic (exact) mass is 1920 g/mol. The fourth-order valence-electron chi connectivity index (χ4n) is 11.4. The summed E-state index contributed by atoms with van der Waals surface area (Å²) in [5, 5.41) is 20.7. The second kappa shape index (κ2) is 90.4. The maximum absolute atomic E-state index is 12.3. The SMILES string of the molecule is C=C.CC(=O)NCCOCCOCC(=O)NC(CCCCCC(=O)CCCC(=O)COC(=O)CC(=O)CCCCCC(NC(=O)COCCOCCNC(C)=O)C(N)=O)C(C)=O.CC(=O)NCCOCCOCC(=O)NC(CCCCCC(=O)COC(=O)CCCCCC(NC(=O)COCCOCCNC(C)=O)C(N)=O)C(C)=O.CCC(=O)CCCC(=O)COC(=O)CCCC(=O)CC. The van der Waals surface area contributed by atoms with Crippen LogP contribution in [-0.4, -0.2) is 305 Å². The molecule has 43 heteroatoms. The second-order valence-corrected chi connectivity index (χ2v) is 30.7. The summed E-state index contributed by atoms with van der Waals surface area (Å²) in [6.45, 7) is 20.3. The van der Waals surface area contributed by atoms with Crippen LogP contribution in [0.15, 0.2) is 13.2 Å². The predicted octanol–water partition coefficient (Wildman–Crippen LogP) is 2.66. The molecule has 0 fully saturated rings. The molecule has 0 saturated heterocycles. The molecule has 4 unspecified atom stereocenters. The minimum atomic E-state index is -0.914. The second-order valence-electron chi connectivity index (χ2n) is 30.7. The molecule has 0 saturated carbocycles. The molecular weight excluding hydrogens is 1760 g/mol. The van der Waals surface area contributed by atoms with Crippen molar-refractivity contribution in [2.45, 2.75) is 285 Å². The third kappa shape index (κ3) is 92.0. The molecule has 0 aromatic heterocycles. The summed E-state index contributed by atoms with van der Waals surface area (Å²) in [5.74, 6) is -6.94. The lowest BCUT2D eigenvalue weighted by atomic mass is 10.0. The van der Waals surface area contributed by atoms with Crippen molar-refractivity contribution >= 4 is 129 Å². The number of carbonyl (C=O) groups is 22. The highest BCUT2D eigenvalue weighted by atomic mass is 16.6. The molecule has 10 amide bonds. The largest absolute Gasteiger partial charge is 0.458 e. The molecule has 0 spiro atoms. The molecule has 0 rings (SSSR count). The van der Waals surface area contributed by atoms with Crippen LogP contribution in [0.2, 0.25) is 0 Å². The summed E-state index contributed by atoms with van der Waals surface area (Å²) in [6, 6.07) is -3.12. The number of amides is 10. The Morgan fingerprint density at radius 3 is 0.769 bits per heavy atom. The summed E-state index contributed by atoms with van der Waals surface area (Å²) in [5.41, 5.74) is 10.8. The first-order chi connectivity index (χ1) is 63.9. The van der Waals surface area contributed by atoms with Crippen molar-refractivity contribution in [1.29, 1.82) is 0 Å². The zero-order chi connectivity index (χ0) is 101. The smallest absolute Gasteiger partial charge is 0.313 e. The van der Waals surface area contributed by atoms with Gasteiger partial charge in [-0.2, -0.15) is 0 Å². The summed E-state index contributed by atoms with van der Waals surface area (Å²) < 4.78 is 56.8. The van der Waals surface area contributed by atoms with Gasteiger partial charge in [0.25, 0.3) is 0 Å². The number of hydrogen-bond acceptors (Lipinski definition) is 33. The number of ketones is 9. The van der Waals surface area contributed by atoms with Gasteiger partial charge in [-0.15, -0.1) is 13.2 Å². The van der Waals surface area contributed by atoms with Crippen LogP contribution in [0.4, 0.5) is 0 Å². The standard InChI is InChI=1S/C40H67N5O15.C34H59N5O13.C15H24O5.C2H4/c1-29(46)35(44-37(52)27-58-23-21-56-19-17-42-30(2)47)15-8-4-6-11-32(49)13-10-14-34(51)26-60-39(54)25-33(50)12-7-5-9-16-36(40(41)55)45-38(53)28-59-24-22-57-20-18-43-31(3)48;1-25(40)29(38-31(44)23-50-20-18-48-16-14-36-26(2)41)11-7-4-6-10-28(43)22-52-33(46)13-9-5-8-12-30(34(35)47)39-32(45)24-51-21-19-49-17-15-37-27(3)42;1-3-12(16)7-5-9-14(18)11-20-15(19)10-6-8-13(17)4-2;1-2/h35-36H,4-28H2,1-3H3,(H2,41,55)(H,42,47)(H,43,48)(H,44,52)(H,45,53);29-30H,4-24H2,1-3H3,(H2,35,47)(H,36,41)(H,37,42)(H,38,44)(H,39,45);3-11H2,1-2H3;1-2H2. The van der Waals surface area contributed by atoms with Gasteiger partial charge in [-0.3, -0.25) is 105 Å². The van der Waals surface area contributed by atoms with Crippen molar-refractivity contribution in [2.24, 2.45) is 11.5 Å². The van der Waals surface area contributed by atoms with E-state index >= 15 is 0 Å². The first kappa shape index (κ1) is 130. The van der Waals surface area contributed by atoms with Crippen LogP contribution in [0.5, 0.6) is 0 Å². The Morgan fingerprint density at radius 1 is 0.246 bits per heavy atom. The number of ether oxygens (including phenoxy) is 11. The minimum absolute atomic E-state index is 0.0200. The fourth-order valence-corrected chi connectivity index (χ4v) is 11.4. The highest BCUT2D eigenvalue weighted by molar-refractivity contribution is 5.96. The highest BCUT2D eigenvalue weighted by Gasteiger charge is 2.24. The molecule has 0 aliphatic heterocycles. The normalized spacial score (nSPS) is 11.4. The fraction of sp³-hybridized carbons (Fsp3) is 0.736. The van der Waals surface area contributed by atoms with Crippen LogP contribution in [0.1, 0.15) is 261 Å². The average Bonchev–Trinajstić information content (AvgIpc) is 0.947. The van der Waals surface area contributed by atoms with Crippen molar-refractivity contribution in [2.75, 3.05) is 152 Å². The summed E-state index contributed by atoms with van der Waals surface area (Å²) in [4.78, 5) is 257. The van der Waals surface area contributed by atoms with Gasteiger partial charge in [0, 0.05) is 131 Å². The van der Waals surface area contributed by atoms with E-state index < -0.39 is 90.5 Å². The zero-order valence-electron chi connectivity index (χ0n) is 80.2. The number of nitrogens with two attached hydrogens (primary N) is 2. The van der Waals surface area contributed by atoms with Crippen molar-refractivity contribution in [3.63, 3.8) is 0 Å². The third-order valence-corrected chi connectivity index (χ3v) is 18.6. The van der Waals surface area contributed by atoms with E-state index in [4.69, 9.17) is 63.6 Å². The Hall–Kier alpha value is -10.4. The Morgan fingerprint density at radius 2 is 0.478 bits per heavy atom. The first-order valence-electron chi connectivity index (χ1n) is 45.9. The molecule has 12 N–H and O–H groups in total. The Balaban J connectivity index is -0.00000104. The lowest BCUT2D eigenvalue weighted by molar-refractivity contribution is -0.150. The number of carbonyl (C=O) groups excluding carboxylic acids is 22. The Kier molecular flexibility index (Phi) is 87.6. The number of unbranched alkanes of at least 4 members (excludes halogenated alkanes) is 8. The molecule has 0 aliphatic carbocycles. The lowest BCUT2D eigenvalue weighted by Gasteiger charge is -2.16. The molecule has 4 atom stereocenters. The van der Waals surface area contributed by atoms with Gasteiger partial charge < -0.3 is 106 Å². The Bertz CT molecular complexity index is 3350. The van der Waals surface area contributed by atoms with Gasteiger partial charge in [0.1, 0.15) is 87.9 Å². The molecule has 134 heavy (non-hydrogen) atoms. The maximum atomic E-state index is 12.3. The lowest BCUT2D eigenvalue weighted by Crippen LogP contribution is -2.45. The average molecular weight is 1920 g/mol. The topological polar surface area (TPSA) is 625 Å². The van der Waals surface area contributed by atoms with Crippen molar-refractivity contribution in [3.8, 4) is 0 Å². The summed E-state index contributed by atoms with van der Waals surface area (Å²) >= 11 is 0. The molecule has 0 bridgehead atoms. The van der Waals surface area contributed by atoms with Gasteiger partial charge >= 0.3 is 17.9 Å². The summed E-state index contributed by atoms with van der Waals surface area (Å²) in [7, 11) is 0. The number of nitrogens with one attached hydrogen (secondary N) is 8. The molecule has 0 heterocycles. The number of Topliss-reactive ketones (excluding diaryl/α,β-unsaturated/α-hetero) is 9. The van der Waals surface area contributed by atoms with Gasteiger partial charge in [-0.1, -0.05) is 65.2 Å². The Labute approximate surface area is 787 Å². The van der Waals surface area contributed by atoms with Gasteiger partial charge in [0.15, 0.2) is 28.9 Å². The number of primary amides is 2. The number of rotatable bonds is 86. The van der Waals surface area contributed by atoms with E-state index in [0.717, 1.165) is 0 Å². The predicted molar refractivity (Wildman–Crippen MR) is 487 cm³/mol.